The summed E-state index contributed by atoms with van der Waals surface area (Å²) in [6.45, 7) is 1.30. The molecule has 0 saturated heterocycles. The molecule has 2 heterocycles. The van der Waals surface area contributed by atoms with Crippen LogP contribution in [0, 0.1) is 0 Å². The van der Waals surface area contributed by atoms with Gasteiger partial charge in [-0.25, -0.2) is 0 Å². The van der Waals surface area contributed by atoms with Crippen molar-refractivity contribution in [3.8, 4) is 17.1 Å². The maximum absolute atomic E-state index is 12.2. The third-order valence-electron chi connectivity index (χ3n) is 2.94. The van der Waals surface area contributed by atoms with Crippen LogP contribution in [0.15, 0.2) is 58.0 Å². The van der Waals surface area contributed by atoms with Crippen molar-refractivity contribution in [1.82, 2.24) is 4.98 Å². The average molecular weight is 281 g/mol. The molecule has 0 aliphatic heterocycles. The second-order valence-electron chi connectivity index (χ2n) is 4.44. The van der Waals surface area contributed by atoms with Crippen molar-refractivity contribution in [2.45, 2.75) is 6.92 Å². The summed E-state index contributed by atoms with van der Waals surface area (Å²) >= 11 is 0. The normalized spacial score (nSPS) is 10.5. The summed E-state index contributed by atoms with van der Waals surface area (Å²) in [5.41, 5.74) is 0.783. The maximum Gasteiger partial charge on any atom is 0.308 e. The molecule has 0 fully saturated rings. The van der Waals surface area contributed by atoms with Gasteiger partial charge in [0, 0.05) is 30.9 Å². The van der Waals surface area contributed by atoms with Gasteiger partial charge in [-0.05, 0) is 24.3 Å². The summed E-state index contributed by atoms with van der Waals surface area (Å²) in [5.74, 6) is 0.155. The summed E-state index contributed by atoms with van der Waals surface area (Å²) < 4.78 is 10.8. The zero-order valence-electron chi connectivity index (χ0n) is 11.2. The van der Waals surface area contributed by atoms with E-state index in [4.69, 9.17) is 9.15 Å². The first-order valence-electron chi connectivity index (χ1n) is 6.31. The van der Waals surface area contributed by atoms with Crippen LogP contribution in [0.5, 0.6) is 5.75 Å². The van der Waals surface area contributed by atoms with Crippen molar-refractivity contribution >= 4 is 16.9 Å². The first kappa shape index (κ1) is 13.1. The summed E-state index contributed by atoms with van der Waals surface area (Å²) in [7, 11) is 0. The Labute approximate surface area is 119 Å². The molecule has 2 aromatic heterocycles. The van der Waals surface area contributed by atoms with E-state index in [1.54, 1.807) is 42.7 Å². The van der Waals surface area contributed by atoms with Gasteiger partial charge in [-0.3, -0.25) is 14.6 Å². The zero-order valence-corrected chi connectivity index (χ0v) is 11.2. The van der Waals surface area contributed by atoms with Gasteiger partial charge in [-0.1, -0.05) is 6.07 Å². The van der Waals surface area contributed by atoms with Gasteiger partial charge < -0.3 is 9.15 Å². The van der Waals surface area contributed by atoms with Gasteiger partial charge in [0.05, 0.1) is 5.39 Å². The summed E-state index contributed by atoms with van der Waals surface area (Å²) in [4.78, 5) is 27.3. The molecule has 0 atom stereocenters. The minimum Gasteiger partial charge on any atom is -0.452 e. The predicted molar refractivity (Wildman–Crippen MR) is 77.0 cm³/mol. The number of aromatic nitrogens is 1. The Morgan fingerprint density at radius 2 is 1.95 bits per heavy atom. The topological polar surface area (TPSA) is 69.4 Å². The van der Waals surface area contributed by atoms with E-state index in [0.717, 1.165) is 5.56 Å². The minimum absolute atomic E-state index is 0.197. The third kappa shape index (κ3) is 2.53. The molecule has 0 aliphatic carbocycles. The number of hydrogen-bond acceptors (Lipinski definition) is 5. The molecule has 0 spiro atoms. The van der Waals surface area contributed by atoms with Crippen molar-refractivity contribution in [3.63, 3.8) is 0 Å². The van der Waals surface area contributed by atoms with Crippen LogP contribution in [0.4, 0.5) is 0 Å². The van der Waals surface area contributed by atoms with Gasteiger partial charge >= 0.3 is 5.97 Å². The zero-order chi connectivity index (χ0) is 14.8. The van der Waals surface area contributed by atoms with E-state index in [2.05, 4.69) is 4.98 Å². The molecule has 0 unspecified atom stereocenters. The standard InChI is InChI=1S/C16H11NO4/c1-10(18)20-14-4-2-3-12-13(19)9-15(21-16(12)14)11-5-7-17-8-6-11/h2-9H,1H3. The molecule has 21 heavy (non-hydrogen) atoms. The molecular weight excluding hydrogens is 270 g/mol. The molecule has 0 amide bonds. The molecular formula is C16H11NO4. The van der Waals surface area contributed by atoms with E-state index in [1.807, 2.05) is 0 Å². The number of carbonyl (C=O) groups is 1. The Kier molecular flexibility index (Phi) is 3.23. The highest BCUT2D eigenvalue weighted by molar-refractivity contribution is 5.86. The molecule has 0 saturated carbocycles. The van der Waals surface area contributed by atoms with E-state index in [-0.39, 0.29) is 16.8 Å². The van der Waals surface area contributed by atoms with Gasteiger partial charge in [-0.2, -0.15) is 0 Å². The second-order valence-corrected chi connectivity index (χ2v) is 4.44. The Morgan fingerprint density at radius 1 is 1.19 bits per heavy atom. The molecule has 0 bridgehead atoms. The lowest BCUT2D eigenvalue weighted by Crippen LogP contribution is -2.05. The van der Waals surface area contributed by atoms with Gasteiger partial charge in [0.1, 0.15) is 5.76 Å². The van der Waals surface area contributed by atoms with Crippen molar-refractivity contribution in [2.75, 3.05) is 0 Å². The molecule has 0 N–H and O–H groups in total. The number of carbonyl (C=O) groups excluding carboxylic acids is 1. The number of pyridine rings is 1. The van der Waals surface area contributed by atoms with Crippen LogP contribution < -0.4 is 10.2 Å². The number of esters is 1. The average Bonchev–Trinajstić information content (AvgIpc) is 2.48. The number of fused-ring (bicyclic) bond motifs is 1. The Bertz CT molecular complexity index is 868. The molecule has 5 nitrogen and oxygen atoms in total. The van der Waals surface area contributed by atoms with Crippen LogP contribution in [0.25, 0.3) is 22.3 Å². The van der Waals surface area contributed by atoms with E-state index in [1.165, 1.54) is 13.0 Å². The van der Waals surface area contributed by atoms with Crippen LogP contribution >= 0.6 is 0 Å². The lowest BCUT2D eigenvalue weighted by molar-refractivity contribution is -0.131. The van der Waals surface area contributed by atoms with Crippen molar-refractivity contribution < 1.29 is 13.9 Å². The number of benzene rings is 1. The Balaban J connectivity index is 2.26. The van der Waals surface area contributed by atoms with Crippen LogP contribution in [0.3, 0.4) is 0 Å². The molecule has 0 radical (unpaired) electrons. The monoisotopic (exact) mass is 281 g/mol. The van der Waals surface area contributed by atoms with Gasteiger partial charge in [-0.15, -0.1) is 0 Å². The lowest BCUT2D eigenvalue weighted by atomic mass is 10.1. The quantitative estimate of drug-likeness (QED) is 0.533. The van der Waals surface area contributed by atoms with Crippen LogP contribution in [0.1, 0.15) is 6.92 Å². The molecule has 5 heteroatoms. The molecule has 104 valence electrons. The SMILES string of the molecule is CC(=O)Oc1cccc2c(=O)cc(-c3ccncc3)oc12. The number of ether oxygens (including phenoxy) is 1. The third-order valence-corrected chi connectivity index (χ3v) is 2.94. The molecule has 1 aromatic carbocycles. The number of rotatable bonds is 2. The van der Waals surface area contributed by atoms with E-state index in [0.29, 0.717) is 11.1 Å². The molecule has 3 rings (SSSR count). The lowest BCUT2D eigenvalue weighted by Gasteiger charge is -2.07. The minimum atomic E-state index is -0.473. The van der Waals surface area contributed by atoms with Crippen molar-refractivity contribution in [1.29, 1.82) is 0 Å². The first-order valence-corrected chi connectivity index (χ1v) is 6.31. The Morgan fingerprint density at radius 3 is 2.67 bits per heavy atom. The molecule has 3 aromatic rings. The Hall–Kier alpha value is -2.95. The van der Waals surface area contributed by atoms with Gasteiger partial charge in [0.2, 0.25) is 0 Å². The van der Waals surface area contributed by atoms with Crippen molar-refractivity contribution in [3.05, 3.63) is 59.0 Å². The predicted octanol–water partition coefficient (Wildman–Crippen LogP) is 2.78. The number of hydrogen-bond donors (Lipinski definition) is 0. The summed E-state index contributed by atoms with van der Waals surface area (Å²) in [6.07, 6.45) is 3.22. The van der Waals surface area contributed by atoms with Crippen LogP contribution in [-0.2, 0) is 4.79 Å². The van der Waals surface area contributed by atoms with Crippen molar-refractivity contribution in [2.24, 2.45) is 0 Å². The highest BCUT2D eigenvalue weighted by Crippen LogP contribution is 2.28. The second kappa shape index (κ2) is 5.20. The van der Waals surface area contributed by atoms with E-state index < -0.39 is 5.97 Å². The first-order chi connectivity index (χ1) is 10.1. The van der Waals surface area contributed by atoms with Gasteiger partial charge in [0.25, 0.3) is 0 Å². The highest BCUT2D eigenvalue weighted by atomic mass is 16.5. The fourth-order valence-corrected chi connectivity index (χ4v) is 2.05. The fraction of sp³-hybridized carbons (Fsp3) is 0.0625. The van der Waals surface area contributed by atoms with Gasteiger partial charge in [0.15, 0.2) is 16.8 Å². The maximum atomic E-state index is 12.2. The highest BCUT2D eigenvalue weighted by Gasteiger charge is 2.12. The fourth-order valence-electron chi connectivity index (χ4n) is 2.05. The molecule has 0 aliphatic rings. The summed E-state index contributed by atoms with van der Waals surface area (Å²) in [5, 5.41) is 0.367. The smallest absolute Gasteiger partial charge is 0.308 e. The van der Waals surface area contributed by atoms with E-state index >= 15 is 0 Å². The van der Waals surface area contributed by atoms with Crippen LogP contribution in [-0.4, -0.2) is 11.0 Å². The van der Waals surface area contributed by atoms with E-state index in [9.17, 15) is 9.59 Å². The summed E-state index contributed by atoms with van der Waals surface area (Å²) in [6, 6.07) is 9.74. The largest absolute Gasteiger partial charge is 0.452 e. The van der Waals surface area contributed by atoms with Crippen LogP contribution in [0.2, 0.25) is 0 Å². The number of nitrogens with zero attached hydrogens (tertiary/aromatic N) is 1. The number of para-hydroxylation sites is 1.